The van der Waals surface area contributed by atoms with Crippen LogP contribution in [0.15, 0.2) is 23.2 Å². The highest BCUT2D eigenvalue weighted by Gasteiger charge is 2.37. The van der Waals surface area contributed by atoms with Gasteiger partial charge in [-0.3, -0.25) is 9.89 Å². The molecule has 0 spiro atoms. The molecule has 176 valence electrons. The number of benzene rings is 1. The highest BCUT2D eigenvalue weighted by atomic mass is 16.6. The maximum absolute atomic E-state index is 5.89. The van der Waals surface area contributed by atoms with Gasteiger partial charge in [-0.25, -0.2) is 0 Å². The lowest BCUT2D eigenvalue weighted by Gasteiger charge is -2.33. The molecule has 0 bridgehead atoms. The van der Waals surface area contributed by atoms with E-state index < -0.39 is 0 Å². The molecule has 3 heterocycles. The highest BCUT2D eigenvalue weighted by molar-refractivity contribution is 5.80. The van der Waals surface area contributed by atoms with Crippen molar-refractivity contribution in [2.24, 2.45) is 4.99 Å². The van der Waals surface area contributed by atoms with Crippen molar-refractivity contribution in [3.05, 3.63) is 23.8 Å². The zero-order valence-electron chi connectivity index (χ0n) is 19.5. The van der Waals surface area contributed by atoms with E-state index in [1.165, 1.54) is 37.7 Å². The molecule has 0 amide bonds. The van der Waals surface area contributed by atoms with E-state index in [9.17, 15) is 0 Å². The molecule has 3 fully saturated rings. The van der Waals surface area contributed by atoms with Gasteiger partial charge < -0.3 is 24.4 Å². The molecule has 1 aromatic carbocycles. The Labute approximate surface area is 192 Å². The molecule has 7 nitrogen and oxygen atoms in total. The van der Waals surface area contributed by atoms with Gasteiger partial charge >= 0.3 is 0 Å². The molecule has 1 aliphatic carbocycles. The van der Waals surface area contributed by atoms with Crippen molar-refractivity contribution in [1.29, 1.82) is 0 Å². The molecule has 1 N–H and O–H groups in total. The average Bonchev–Trinajstić information content (AvgIpc) is 3.53. The summed E-state index contributed by atoms with van der Waals surface area (Å²) >= 11 is 0. The SMILES string of the molecule is CCNC(=NCC1(c2ccc3c(c2)OCCO3)CCCC1)N1CCC(N2CCOCC2)C1. The van der Waals surface area contributed by atoms with Crippen molar-refractivity contribution in [1.82, 2.24) is 15.1 Å². The molecule has 4 aliphatic rings. The number of rotatable bonds is 5. The topological polar surface area (TPSA) is 58.6 Å². The molecule has 0 aromatic heterocycles. The van der Waals surface area contributed by atoms with Crippen LogP contribution in [0.3, 0.4) is 0 Å². The quantitative estimate of drug-likeness (QED) is 0.559. The van der Waals surface area contributed by atoms with Crippen molar-refractivity contribution in [2.45, 2.75) is 50.5 Å². The van der Waals surface area contributed by atoms with Crippen LogP contribution >= 0.6 is 0 Å². The summed E-state index contributed by atoms with van der Waals surface area (Å²) in [6, 6.07) is 7.16. The molecule has 1 atom stereocenters. The first kappa shape index (κ1) is 21.8. The number of aliphatic imine (C=N–C) groups is 1. The van der Waals surface area contributed by atoms with Gasteiger partial charge in [0.1, 0.15) is 13.2 Å². The number of morpholine rings is 1. The van der Waals surface area contributed by atoms with Gasteiger partial charge in [0.25, 0.3) is 0 Å². The summed E-state index contributed by atoms with van der Waals surface area (Å²) in [5, 5.41) is 3.58. The molecule has 2 saturated heterocycles. The monoisotopic (exact) mass is 442 g/mol. The Morgan fingerprint density at radius 2 is 1.84 bits per heavy atom. The first-order valence-electron chi connectivity index (χ1n) is 12.5. The predicted octanol–water partition coefficient (Wildman–Crippen LogP) is 2.64. The minimum atomic E-state index is 0.0971. The average molecular weight is 443 g/mol. The first-order chi connectivity index (χ1) is 15.8. The number of hydrogen-bond acceptors (Lipinski definition) is 5. The van der Waals surface area contributed by atoms with Gasteiger partial charge in [0.15, 0.2) is 17.5 Å². The van der Waals surface area contributed by atoms with E-state index in [2.05, 4.69) is 40.2 Å². The van der Waals surface area contributed by atoms with E-state index in [1.54, 1.807) is 0 Å². The van der Waals surface area contributed by atoms with E-state index in [1.807, 2.05) is 0 Å². The Kier molecular flexibility index (Phi) is 6.74. The molecular formula is C25H38N4O3. The fourth-order valence-electron chi connectivity index (χ4n) is 5.79. The van der Waals surface area contributed by atoms with Gasteiger partial charge in [-0.15, -0.1) is 0 Å². The van der Waals surface area contributed by atoms with Crippen LogP contribution in [0.5, 0.6) is 11.5 Å². The summed E-state index contributed by atoms with van der Waals surface area (Å²) in [5.74, 6) is 2.84. The maximum atomic E-state index is 5.89. The van der Waals surface area contributed by atoms with Gasteiger partial charge in [0.05, 0.1) is 19.8 Å². The van der Waals surface area contributed by atoms with E-state index >= 15 is 0 Å². The Hall–Kier alpha value is -1.99. The highest BCUT2D eigenvalue weighted by Crippen LogP contribution is 2.44. The maximum Gasteiger partial charge on any atom is 0.193 e. The molecule has 1 aromatic rings. The standard InChI is InChI=1S/C25H38N4O3/c1-2-26-24(29-10-7-21(18-29)28-11-13-30-14-12-28)27-19-25(8-3-4-9-25)20-5-6-22-23(17-20)32-16-15-31-22/h5-6,17,21H,2-4,7-16,18-19H2,1H3,(H,26,27). The predicted molar refractivity (Wildman–Crippen MR) is 126 cm³/mol. The van der Waals surface area contributed by atoms with Crippen LogP contribution in [-0.2, 0) is 10.2 Å². The van der Waals surface area contributed by atoms with E-state index in [-0.39, 0.29) is 5.41 Å². The lowest BCUT2D eigenvalue weighted by atomic mass is 9.79. The minimum Gasteiger partial charge on any atom is -0.486 e. The summed E-state index contributed by atoms with van der Waals surface area (Å²) in [4.78, 5) is 10.3. The molecule has 7 heteroatoms. The largest absolute Gasteiger partial charge is 0.486 e. The second-order valence-electron chi connectivity index (χ2n) is 9.55. The van der Waals surface area contributed by atoms with Gasteiger partial charge in [-0.1, -0.05) is 18.9 Å². The molecular weight excluding hydrogens is 404 g/mol. The van der Waals surface area contributed by atoms with Crippen LogP contribution in [0.4, 0.5) is 0 Å². The lowest BCUT2D eigenvalue weighted by Crippen LogP contribution is -2.47. The Morgan fingerprint density at radius 1 is 1.06 bits per heavy atom. The van der Waals surface area contributed by atoms with Crippen molar-refractivity contribution >= 4 is 5.96 Å². The van der Waals surface area contributed by atoms with Crippen LogP contribution in [0.1, 0.15) is 44.6 Å². The third-order valence-electron chi connectivity index (χ3n) is 7.61. The van der Waals surface area contributed by atoms with Crippen LogP contribution < -0.4 is 14.8 Å². The zero-order valence-corrected chi connectivity index (χ0v) is 19.5. The van der Waals surface area contributed by atoms with Crippen molar-refractivity contribution in [2.75, 3.05) is 65.7 Å². The van der Waals surface area contributed by atoms with Crippen molar-refractivity contribution in [3.63, 3.8) is 0 Å². The third-order valence-corrected chi connectivity index (χ3v) is 7.61. The molecule has 1 saturated carbocycles. The van der Waals surface area contributed by atoms with Gasteiger partial charge in [-0.2, -0.15) is 0 Å². The van der Waals surface area contributed by atoms with Gasteiger partial charge in [0.2, 0.25) is 0 Å². The van der Waals surface area contributed by atoms with Crippen molar-refractivity contribution in [3.8, 4) is 11.5 Å². The van der Waals surface area contributed by atoms with E-state index in [4.69, 9.17) is 19.2 Å². The summed E-state index contributed by atoms with van der Waals surface area (Å²) < 4.78 is 17.2. The number of nitrogens with one attached hydrogen (secondary N) is 1. The summed E-state index contributed by atoms with van der Waals surface area (Å²) in [5.41, 5.74) is 1.45. The Morgan fingerprint density at radius 3 is 2.62 bits per heavy atom. The minimum absolute atomic E-state index is 0.0971. The smallest absolute Gasteiger partial charge is 0.193 e. The fraction of sp³-hybridized carbons (Fsp3) is 0.720. The summed E-state index contributed by atoms with van der Waals surface area (Å²) in [6.45, 7) is 11.1. The number of nitrogens with zero attached hydrogens (tertiary/aromatic N) is 3. The van der Waals surface area contributed by atoms with Crippen LogP contribution in [-0.4, -0.2) is 87.5 Å². The summed E-state index contributed by atoms with van der Waals surface area (Å²) in [7, 11) is 0. The summed E-state index contributed by atoms with van der Waals surface area (Å²) in [6.07, 6.45) is 6.11. The lowest BCUT2D eigenvalue weighted by molar-refractivity contribution is 0.0195. The molecule has 1 unspecified atom stereocenters. The van der Waals surface area contributed by atoms with E-state index in [0.29, 0.717) is 19.3 Å². The van der Waals surface area contributed by atoms with E-state index in [0.717, 1.165) is 69.9 Å². The molecule has 32 heavy (non-hydrogen) atoms. The van der Waals surface area contributed by atoms with Gasteiger partial charge in [-0.05, 0) is 43.9 Å². The number of ether oxygens (including phenoxy) is 3. The third kappa shape index (κ3) is 4.55. The number of hydrogen-bond donors (Lipinski definition) is 1. The molecule has 3 aliphatic heterocycles. The second kappa shape index (κ2) is 9.87. The van der Waals surface area contributed by atoms with Crippen LogP contribution in [0, 0.1) is 0 Å². The fourth-order valence-corrected chi connectivity index (χ4v) is 5.79. The Bertz CT molecular complexity index is 802. The zero-order chi connectivity index (χ0) is 21.8. The molecule has 0 radical (unpaired) electrons. The Balaban J connectivity index is 1.32. The molecule has 5 rings (SSSR count). The van der Waals surface area contributed by atoms with Crippen molar-refractivity contribution < 1.29 is 14.2 Å². The second-order valence-corrected chi connectivity index (χ2v) is 9.55. The van der Waals surface area contributed by atoms with Crippen LogP contribution in [0.25, 0.3) is 0 Å². The normalized spacial score (nSPS) is 25.8. The number of guanidine groups is 1. The number of fused-ring (bicyclic) bond motifs is 1. The van der Waals surface area contributed by atoms with Gasteiger partial charge in [0, 0.05) is 44.2 Å². The van der Waals surface area contributed by atoms with Crippen LogP contribution in [0.2, 0.25) is 0 Å². The first-order valence-corrected chi connectivity index (χ1v) is 12.5. The number of likely N-dealkylation sites (tertiary alicyclic amines) is 1.